The SMILES string of the molecule is Cc1cc(C(C)Nc2ccc(Cl)nc2C(=N)NC(=O)O)c2c(c1)c(=O)n(C)c1c2cnn1C1CCCC1. The van der Waals surface area contributed by atoms with E-state index in [9.17, 15) is 9.59 Å². The fraction of sp³-hybridized carbons (Fsp3) is 0.346. The van der Waals surface area contributed by atoms with Gasteiger partial charge < -0.3 is 10.4 Å². The molecule has 1 saturated carbocycles. The average molecular weight is 522 g/mol. The smallest absolute Gasteiger partial charge is 0.410 e. The minimum atomic E-state index is -1.37. The van der Waals surface area contributed by atoms with E-state index >= 15 is 0 Å². The molecule has 1 amide bonds. The molecule has 1 aliphatic rings. The summed E-state index contributed by atoms with van der Waals surface area (Å²) in [6, 6.07) is 7.12. The van der Waals surface area contributed by atoms with Gasteiger partial charge in [-0.05, 0) is 56.0 Å². The lowest BCUT2D eigenvalue weighted by Crippen LogP contribution is -2.30. The van der Waals surface area contributed by atoms with E-state index in [1.54, 1.807) is 23.7 Å². The number of amides is 1. The number of fused-ring (bicyclic) bond motifs is 3. The maximum Gasteiger partial charge on any atom is 0.410 e. The van der Waals surface area contributed by atoms with E-state index in [4.69, 9.17) is 27.2 Å². The molecule has 4 aromatic rings. The molecule has 1 fully saturated rings. The molecule has 4 N–H and O–H groups in total. The monoisotopic (exact) mass is 521 g/mol. The Kier molecular flexibility index (Phi) is 6.36. The van der Waals surface area contributed by atoms with Gasteiger partial charge in [-0.1, -0.05) is 30.5 Å². The third-order valence-corrected chi connectivity index (χ3v) is 7.25. The Morgan fingerprint density at radius 1 is 1.24 bits per heavy atom. The van der Waals surface area contributed by atoms with Gasteiger partial charge in [-0.2, -0.15) is 5.10 Å². The Balaban J connectivity index is 1.66. The molecule has 3 heterocycles. The number of hydrogen-bond acceptors (Lipinski definition) is 6. The molecule has 1 atom stereocenters. The summed E-state index contributed by atoms with van der Waals surface area (Å²) in [6.45, 7) is 3.90. The molecule has 0 saturated heterocycles. The molecule has 192 valence electrons. The highest BCUT2D eigenvalue weighted by Crippen LogP contribution is 2.36. The van der Waals surface area contributed by atoms with Crippen LogP contribution >= 0.6 is 11.6 Å². The highest BCUT2D eigenvalue weighted by Gasteiger charge is 2.25. The molecule has 0 aliphatic heterocycles. The lowest BCUT2D eigenvalue weighted by atomic mass is 9.95. The highest BCUT2D eigenvalue weighted by molar-refractivity contribution is 6.29. The lowest BCUT2D eigenvalue weighted by Gasteiger charge is -2.21. The maximum absolute atomic E-state index is 13.6. The van der Waals surface area contributed by atoms with E-state index < -0.39 is 11.9 Å². The van der Waals surface area contributed by atoms with Gasteiger partial charge in [0.15, 0.2) is 5.84 Å². The van der Waals surface area contributed by atoms with Gasteiger partial charge in [0.2, 0.25) is 0 Å². The third-order valence-electron chi connectivity index (χ3n) is 7.04. The summed E-state index contributed by atoms with van der Waals surface area (Å²) < 4.78 is 3.70. The largest absolute Gasteiger partial charge is 0.465 e. The number of carboxylic acid groups (broad SMARTS) is 1. The lowest BCUT2D eigenvalue weighted by molar-refractivity contribution is 0.200. The summed E-state index contributed by atoms with van der Waals surface area (Å²) in [4.78, 5) is 28.8. The Morgan fingerprint density at radius 2 is 1.97 bits per heavy atom. The summed E-state index contributed by atoms with van der Waals surface area (Å²) in [7, 11) is 1.80. The average Bonchev–Trinajstić information content (AvgIpc) is 3.52. The molecular weight excluding hydrogens is 494 g/mol. The number of halogens is 1. The van der Waals surface area contributed by atoms with Gasteiger partial charge in [0.05, 0.1) is 17.9 Å². The molecule has 0 radical (unpaired) electrons. The summed E-state index contributed by atoms with van der Waals surface area (Å²) in [5.41, 5.74) is 3.07. The van der Waals surface area contributed by atoms with E-state index in [-0.39, 0.29) is 28.5 Å². The molecule has 0 bridgehead atoms. The molecule has 1 unspecified atom stereocenters. The van der Waals surface area contributed by atoms with Gasteiger partial charge in [-0.25, -0.2) is 14.5 Å². The number of hydrogen-bond donors (Lipinski definition) is 4. The second kappa shape index (κ2) is 9.51. The number of aryl methyl sites for hydroxylation is 2. The van der Waals surface area contributed by atoms with Gasteiger partial charge in [-0.3, -0.25) is 20.1 Å². The fourth-order valence-corrected chi connectivity index (χ4v) is 5.55. The third kappa shape index (κ3) is 4.42. The van der Waals surface area contributed by atoms with Crippen LogP contribution in [0.3, 0.4) is 0 Å². The van der Waals surface area contributed by atoms with Crippen molar-refractivity contribution in [1.29, 1.82) is 5.41 Å². The van der Waals surface area contributed by atoms with Crippen LogP contribution in [0.4, 0.5) is 10.5 Å². The zero-order valence-electron chi connectivity index (χ0n) is 20.8. The van der Waals surface area contributed by atoms with Crippen molar-refractivity contribution in [2.45, 2.75) is 51.6 Å². The van der Waals surface area contributed by atoms with Crippen molar-refractivity contribution in [3.63, 3.8) is 0 Å². The number of carbonyl (C=O) groups is 1. The normalized spacial score (nSPS) is 14.8. The molecule has 0 spiro atoms. The van der Waals surface area contributed by atoms with Crippen LogP contribution in [0.1, 0.15) is 61.5 Å². The summed E-state index contributed by atoms with van der Waals surface area (Å²) in [5, 5.41) is 29.8. The van der Waals surface area contributed by atoms with E-state index in [1.807, 2.05) is 42.2 Å². The van der Waals surface area contributed by atoms with E-state index in [2.05, 4.69) is 10.3 Å². The topological polar surface area (TPSA) is 138 Å². The van der Waals surface area contributed by atoms with Gasteiger partial charge in [0.1, 0.15) is 16.5 Å². The number of aromatic nitrogens is 4. The first kappa shape index (κ1) is 24.8. The van der Waals surface area contributed by atoms with Crippen LogP contribution in [0.2, 0.25) is 5.15 Å². The summed E-state index contributed by atoms with van der Waals surface area (Å²) in [6.07, 6.45) is 4.88. The van der Waals surface area contributed by atoms with Crippen LogP contribution in [-0.2, 0) is 7.05 Å². The minimum Gasteiger partial charge on any atom is -0.465 e. The Labute approximate surface area is 217 Å². The first-order valence-corrected chi connectivity index (χ1v) is 12.6. The van der Waals surface area contributed by atoms with Crippen LogP contribution in [0.25, 0.3) is 21.8 Å². The first-order chi connectivity index (χ1) is 17.7. The quantitative estimate of drug-likeness (QED) is 0.163. The van der Waals surface area contributed by atoms with Crippen molar-refractivity contribution in [3.8, 4) is 0 Å². The molecule has 11 heteroatoms. The number of pyridine rings is 2. The molecule has 37 heavy (non-hydrogen) atoms. The van der Waals surface area contributed by atoms with Gasteiger partial charge in [0, 0.05) is 29.2 Å². The second-order valence-electron chi connectivity index (χ2n) is 9.61. The van der Waals surface area contributed by atoms with E-state index in [0.717, 1.165) is 53.2 Å². The van der Waals surface area contributed by atoms with Crippen LogP contribution < -0.4 is 16.2 Å². The van der Waals surface area contributed by atoms with Crippen molar-refractivity contribution in [1.82, 2.24) is 24.6 Å². The van der Waals surface area contributed by atoms with Crippen molar-refractivity contribution >= 4 is 51.0 Å². The number of amidine groups is 1. The first-order valence-electron chi connectivity index (χ1n) is 12.2. The van der Waals surface area contributed by atoms with Crippen molar-refractivity contribution in [2.75, 3.05) is 5.32 Å². The number of rotatable bonds is 5. The van der Waals surface area contributed by atoms with Gasteiger partial charge in [-0.15, -0.1) is 0 Å². The molecular formula is C26H28ClN7O3. The minimum absolute atomic E-state index is 0.0776. The van der Waals surface area contributed by atoms with Crippen LogP contribution in [0.5, 0.6) is 0 Å². The molecule has 1 aromatic carbocycles. The second-order valence-corrected chi connectivity index (χ2v) is 9.99. The molecule has 10 nitrogen and oxygen atoms in total. The number of nitrogens with one attached hydrogen (secondary N) is 3. The Hall–Kier alpha value is -3.92. The van der Waals surface area contributed by atoms with Crippen LogP contribution in [0.15, 0.2) is 35.3 Å². The summed E-state index contributed by atoms with van der Waals surface area (Å²) >= 11 is 6.05. The molecule has 1 aliphatic carbocycles. The van der Waals surface area contributed by atoms with Crippen molar-refractivity contribution < 1.29 is 9.90 Å². The summed E-state index contributed by atoms with van der Waals surface area (Å²) in [5.74, 6) is -0.395. The Morgan fingerprint density at radius 3 is 2.68 bits per heavy atom. The van der Waals surface area contributed by atoms with E-state index in [0.29, 0.717) is 11.1 Å². The predicted molar refractivity (Wildman–Crippen MR) is 144 cm³/mol. The standard InChI is InChI=1S/C26H28ClN7O3/c1-13-10-16(14(2)30-19-8-9-20(27)31-22(19)23(28)32-26(36)37)21-17(11-13)25(35)33(3)24-18(21)12-29-34(24)15-6-4-5-7-15/h8-12,14-15,30H,4-7H2,1-3H3,(H2,28,32)(H,36,37). The maximum atomic E-state index is 13.6. The zero-order chi connectivity index (χ0) is 26.4. The molecule has 5 rings (SSSR count). The highest BCUT2D eigenvalue weighted by atomic mass is 35.5. The predicted octanol–water partition coefficient (Wildman–Crippen LogP) is 5.13. The van der Waals surface area contributed by atoms with E-state index in [1.165, 1.54) is 0 Å². The zero-order valence-corrected chi connectivity index (χ0v) is 21.6. The van der Waals surface area contributed by atoms with Crippen LogP contribution in [0, 0.1) is 12.3 Å². The van der Waals surface area contributed by atoms with Crippen molar-refractivity contribution in [3.05, 3.63) is 62.8 Å². The Bertz CT molecular complexity index is 1620. The number of benzene rings is 1. The fourth-order valence-electron chi connectivity index (χ4n) is 5.40. The van der Waals surface area contributed by atoms with Crippen molar-refractivity contribution in [2.24, 2.45) is 7.05 Å². The molecule has 3 aromatic heterocycles. The van der Waals surface area contributed by atoms with Gasteiger partial charge in [0.25, 0.3) is 5.56 Å². The number of nitrogens with zero attached hydrogens (tertiary/aromatic N) is 4. The number of anilines is 1. The van der Waals surface area contributed by atoms with Crippen LogP contribution in [-0.4, -0.2) is 36.4 Å². The van der Waals surface area contributed by atoms with Gasteiger partial charge >= 0.3 is 6.09 Å².